The number of nitrogens with zero attached hydrogens (tertiary/aromatic N) is 2. The van der Waals surface area contributed by atoms with Crippen LogP contribution in [0.25, 0.3) is 0 Å². The molecule has 14 heavy (non-hydrogen) atoms. The number of thiazole rings is 1. The average Bonchev–Trinajstić information content (AvgIpc) is 2.59. The van der Waals surface area contributed by atoms with Crippen LogP contribution in [0.4, 0.5) is 5.13 Å². The summed E-state index contributed by atoms with van der Waals surface area (Å²) < 4.78 is 0. The first kappa shape index (κ1) is 11.5. The second-order valence-corrected chi connectivity index (χ2v) is 4.46. The highest BCUT2D eigenvalue weighted by Gasteiger charge is 2.00. The summed E-state index contributed by atoms with van der Waals surface area (Å²) in [6.45, 7) is 10.8. The number of rotatable bonds is 6. The van der Waals surface area contributed by atoms with Gasteiger partial charge in [0.15, 0.2) is 5.13 Å². The molecule has 0 aromatic carbocycles. The number of hydrogen-bond acceptors (Lipinski definition) is 4. The molecule has 0 aliphatic rings. The SMILES string of the molecule is CCN(CC)CCNc1ncc(C)s1. The summed E-state index contributed by atoms with van der Waals surface area (Å²) in [5.74, 6) is 0. The minimum Gasteiger partial charge on any atom is -0.360 e. The first-order valence-corrected chi connectivity index (χ1v) is 5.96. The van der Waals surface area contributed by atoms with Crippen molar-refractivity contribution in [3.63, 3.8) is 0 Å². The Hall–Kier alpha value is -0.610. The van der Waals surface area contributed by atoms with Gasteiger partial charge in [0.25, 0.3) is 0 Å². The van der Waals surface area contributed by atoms with Crippen LogP contribution in [0.15, 0.2) is 6.20 Å². The molecular weight excluding hydrogens is 194 g/mol. The molecule has 0 radical (unpaired) electrons. The summed E-state index contributed by atoms with van der Waals surface area (Å²) in [6, 6.07) is 0. The van der Waals surface area contributed by atoms with Gasteiger partial charge in [0.1, 0.15) is 0 Å². The van der Waals surface area contributed by atoms with Crippen molar-refractivity contribution < 1.29 is 0 Å². The van der Waals surface area contributed by atoms with Crippen molar-refractivity contribution in [2.24, 2.45) is 0 Å². The fourth-order valence-electron chi connectivity index (χ4n) is 1.30. The molecule has 1 N–H and O–H groups in total. The number of aryl methyl sites for hydroxylation is 1. The molecule has 0 fully saturated rings. The minimum absolute atomic E-state index is 0.981. The van der Waals surface area contributed by atoms with Crippen LogP contribution in [0.5, 0.6) is 0 Å². The standard InChI is InChI=1S/C10H19N3S/c1-4-13(5-2)7-6-11-10-12-8-9(3)14-10/h8H,4-7H2,1-3H3,(H,11,12). The van der Waals surface area contributed by atoms with E-state index in [1.807, 2.05) is 6.20 Å². The van der Waals surface area contributed by atoms with E-state index in [9.17, 15) is 0 Å². The quantitative estimate of drug-likeness (QED) is 0.785. The predicted octanol–water partition coefficient (Wildman–Crippen LogP) is 2.21. The van der Waals surface area contributed by atoms with Crippen molar-refractivity contribution in [1.29, 1.82) is 0 Å². The summed E-state index contributed by atoms with van der Waals surface area (Å²) >= 11 is 1.71. The Balaban J connectivity index is 2.21. The van der Waals surface area contributed by atoms with Crippen LogP contribution < -0.4 is 5.32 Å². The van der Waals surface area contributed by atoms with E-state index in [1.54, 1.807) is 11.3 Å². The number of likely N-dealkylation sites (N-methyl/N-ethyl adjacent to an activating group) is 1. The van der Waals surface area contributed by atoms with Crippen LogP contribution in [-0.2, 0) is 0 Å². The third-order valence-corrected chi connectivity index (χ3v) is 3.09. The number of aromatic nitrogens is 1. The molecule has 0 bridgehead atoms. The monoisotopic (exact) mass is 213 g/mol. The van der Waals surface area contributed by atoms with Crippen LogP contribution in [0.3, 0.4) is 0 Å². The third kappa shape index (κ3) is 3.64. The lowest BCUT2D eigenvalue weighted by molar-refractivity contribution is 0.316. The molecule has 80 valence electrons. The molecule has 1 rings (SSSR count). The molecule has 0 spiro atoms. The smallest absolute Gasteiger partial charge is 0.182 e. The Bertz CT molecular complexity index is 256. The summed E-state index contributed by atoms with van der Waals surface area (Å²) in [6.07, 6.45) is 1.91. The maximum atomic E-state index is 4.25. The zero-order valence-corrected chi connectivity index (χ0v) is 10.0. The Labute approximate surface area is 90.2 Å². The van der Waals surface area contributed by atoms with Crippen molar-refractivity contribution in [2.75, 3.05) is 31.5 Å². The first-order chi connectivity index (χ1) is 6.76. The van der Waals surface area contributed by atoms with Gasteiger partial charge in [-0.25, -0.2) is 4.98 Å². The Kier molecular flexibility index (Phi) is 4.90. The van der Waals surface area contributed by atoms with Crippen molar-refractivity contribution in [3.8, 4) is 0 Å². The fraction of sp³-hybridized carbons (Fsp3) is 0.700. The van der Waals surface area contributed by atoms with Gasteiger partial charge in [-0.3, -0.25) is 0 Å². The largest absolute Gasteiger partial charge is 0.360 e. The molecule has 0 atom stereocenters. The fourth-order valence-corrected chi connectivity index (χ4v) is 1.99. The van der Waals surface area contributed by atoms with E-state index in [1.165, 1.54) is 4.88 Å². The van der Waals surface area contributed by atoms with Crippen molar-refractivity contribution in [2.45, 2.75) is 20.8 Å². The molecule has 0 aliphatic heterocycles. The summed E-state index contributed by atoms with van der Waals surface area (Å²) in [4.78, 5) is 7.91. The molecule has 0 saturated heterocycles. The van der Waals surface area contributed by atoms with E-state index in [0.29, 0.717) is 0 Å². The average molecular weight is 213 g/mol. The molecule has 0 saturated carbocycles. The van der Waals surface area contributed by atoms with Gasteiger partial charge in [-0.2, -0.15) is 0 Å². The number of hydrogen-bond donors (Lipinski definition) is 1. The molecule has 1 heterocycles. The maximum Gasteiger partial charge on any atom is 0.182 e. The highest BCUT2D eigenvalue weighted by atomic mass is 32.1. The maximum absolute atomic E-state index is 4.25. The summed E-state index contributed by atoms with van der Waals surface area (Å²) in [7, 11) is 0. The van der Waals surface area contributed by atoms with E-state index in [0.717, 1.165) is 31.3 Å². The van der Waals surface area contributed by atoms with Gasteiger partial charge in [0.05, 0.1) is 0 Å². The van der Waals surface area contributed by atoms with Crippen LogP contribution in [0.1, 0.15) is 18.7 Å². The molecule has 4 heteroatoms. The van der Waals surface area contributed by atoms with Gasteiger partial charge in [-0.05, 0) is 20.0 Å². The van der Waals surface area contributed by atoms with Crippen LogP contribution in [-0.4, -0.2) is 36.1 Å². The third-order valence-electron chi connectivity index (χ3n) is 2.22. The van der Waals surface area contributed by atoms with Gasteiger partial charge in [-0.15, -0.1) is 11.3 Å². The van der Waals surface area contributed by atoms with Crippen LogP contribution in [0.2, 0.25) is 0 Å². The molecule has 0 unspecified atom stereocenters. The second kappa shape index (κ2) is 5.98. The Morgan fingerprint density at radius 2 is 2.14 bits per heavy atom. The van der Waals surface area contributed by atoms with Crippen molar-refractivity contribution in [3.05, 3.63) is 11.1 Å². The van der Waals surface area contributed by atoms with Gasteiger partial charge < -0.3 is 10.2 Å². The Morgan fingerprint density at radius 3 is 2.64 bits per heavy atom. The Morgan fingerprint density at radius 1 is 1.43 bits per heavy atom. The van der Waals surface area contributed by atoms with Crippen LogP contribution in [0, 0.1) is 6.92 Å². The molecule has 1 aromatic heterocycles. The van der Waals surface area contributed by atoms with Gasteiger partial charge >= 0.3 is 0 Å². The summed E-state index contributed by atoms with van der Waals surface area (Å²) in [5.41, 5.74) is 0. The number of anilines is 1. The molecule has 0 amide bonds. The highest BCUT2D eigenvalue weighted by molar-refractivity contribution is 7.15. The highest BCUT2D eigenvalue weighted by Crippen LogP contribution is 2.15. The summed E-state index contributed by atoms with van der Waals surface area (Å²) in [5, 5.41) is 4.37. The zero-order valence-electron chi connectivity index (χ0n) is 9.21. The van der Waals surface area contributed by atoms with Gasteiger partial charge in [0, 0.05) is 24.2 Å². The topological polar surface area (TPSA) is 28.2 Å². The van der Waals surface area contributed by atoms with E-state index in [4.69, 9.17) is 0 Å². The second-order valence-electron chi connectivity index (χ2n) is 3.23. The van der Waals surface area contributed by atoms with E-state index >= 15 is 0 Å². The predicted molar refractivity (Wildman–Crippen MR) is 63.1 cm³/mol. The van der Waals surface area contributed by atoms with Crippen molar-refractivity contribution in [1.82, 2.24) is 9.88 Å². The normalized spacial score (nSPS) is 10.9. The van der Waals surface area contributed by atoms with Crippen LogP contribution >= 0.6 is 11.3 Å². The first-order valence-electron chi connectivity index (χ1n) is 5.15. The van der Waals surface area contributed by atoms with Gasteiger partial charge in [0.2, 0.25) is 0 Å². The lowest BCUT2D eigenvalue weighted by Crippen LogP contribution is -2.28. The van der Waals surface area contributed by atoms with E-state index in [2.05, 4.69) is 36.0 Å². The van der Waals surface area contributed by atoms with Gasteiger partial charge in [-0.1, -0.05) is 13.8 Å². The minimum atomic E-state index is 0.981. The molecule has 1 aromatic rings. The van der Waals surface area contributed by atoms with E-state index in [-0.39, 0.29) is 0 Å². The lowest BCUT2D eigenvalue weighted by Gasteiger charge is -2.17. The molecular formula is C10H19N3S. The zero-order chi connectivity index (χ0) is 10.4. The van der Waals surface area contributed by atoms with E-state index < -0.39 is 0 Å². The molecule has 3 nitrogen and oxygen atoms in total. The number of nitrogens with one attached hydrogen (secondary N) is 1. The lowest BCUT2D eigenvalue weighted by atomic mass is 10.5. The molecule has 0 aliphatic carbocycles. The van der Waals surface area contributed by atoms with Crippen molar-refractivity contribution >= 4 is 16.5 Å².